The van der Waals surface area contributed by atoms with Gasteiger partial charge in [0.2, 0.25) is 0 Å². The summed E-state index contributed by atoms with van der Waals surface area (Å²) in [7, 11) is 0. The van der Waals surface area contributed by atoms with Crippen LogP contribution in [0.3, 0.4) is 0 Å². The van der Waals surface area contributed by atoms with Crippen molar-refractivity contribution in [2.45, 2.75) is 37.6 Å². The van der Waals surface area contributed by atoms with Crippen LogP contribution >= 0.6 is 11.3 Å². The van der Waals surface area contributed by atoms with E-state index in [0.29, 0.717) is 5.56 Å². The molecular formula is C16H17N3S. The molecule has 0 aliphatic heterocycles. The minimum absolute atomic E-state index is 0.228. The monoisotopic (exact) mass is 283 g/mol. The van der Waals surface area contributed by atoms with Gasteiger partial charge in [-0.3, -0.25) is 0 Å². The SMILES string of the molecule is N#Cc1ccc(-c2csc(C3(N)CCCCC3)n2)cc1. The molecule has 102 valence electrons. The molecule has 20 heavy (non-hydrogen) atoms. The number of hydrogen-bond acceptors (Lipinski definition) is 4. The smallest absolute Gasteiger partial charge is 0.113 e. The van der Waals surface area contributed by atoms with E-state index in [1.165, 1.54) is 19.3 Å². The number of nitriles is 1. The van der Waals surface area contributed by atoms with Crippen molar-refractivity contribution >= 4 is 11.3 Å². The van der Waals surface area contributed by atoms with Crippen molar-refractivity contribution in [1.82, 2.24) is 4.98 Å². The fourth-order valence-corrected chi connectivity index (χ4v) is 3.75. The molecule has 1 aliphatic carbocycles. The highest BCUT2D eigenvalue weighted by atomic mass is 32.1. The van der Waals surface area contributed by atoms with Crippen molar-refractivity contribution in [2.24, 2.45) is 5.73 Å². The molecule has 1 aromatic heterocycles. The Hall–Kier alpha value is -1.70. The summed E-state index contributed by atoms with van der Waals surface area (Å²) in [6.45, 7) is 0. The molecule has 2 N–H and O–H groups in total. The van der Waals surface area contributed by atoms with Gasteiger partial charge >= 0.3 is 0 Å². The Bertz CT molecular complexity index is 630. The molecule has 3 rings (SSSR count). The van der Waals surface area contributed by atoms with Gasteiger partial charge in [0.25, 0.3) is 0 Å². The summed E-state index contributed by atoms with van der Waals surface area (Å²) in [5, 5.41) is 11.9. The largest absolute Gasteiger partial charge is 0.319 e. The van der Waals surface area contributed by atoms with Crippen molar-refractivity contribution in [2.75, 3.05) is 0 Å². The van der Waals surface area contributed by atoms with Crippen LogP contribution in [-0.2, 0) is 5.54 Å². The lowest BCUT2D eigenvalue weighted by atomic mass is 9.83. The zero-order chi connectivity index (χ0) is 14.0. The second-order valence-electron chi connectivity index (χ2n) is 5.44. The number of benzene rings is 1. The normalized spacial score (nSPS) is 17.6. The summed E-state index contributed by atoms with van der Waals surface area (Å²) >= 11 is 1.66. The van der Waals surface area contributed by atoms with Crippen LogP contribution in [0, 0.1) is 11.3 Å². The molecule has 2 aromatic rings. The van der Waals surface area contributed by atoms with Crippen LogP contribution in [0.1, 0.15) is 42.7 Å². The molecule has 1 saturated carbocycles. The highest BCUT2D eigenvalue weighted by molar-refractivity contribution is 7.10. The Morgan fingerprint density at radius 1 is 1.15 bits per heavy atom. The number of nitrogens with two attached hydrogens (primary N) is 1. The first kappa shape index (κ1) is 13.3. The minimum Gasteiger partial charge on any atom is -0.319 e. The molecule has 1 aliphatic rings. The first-order chi connectivity index (χ1) is 9.71. The van der Waals surface area contributed by atoms with Crippen molar-refractivity contribution in [3.8, 4) is 17.3 Å². The van der Waals surface area contributed by atoms with Gasteiger partial charge < -0.3 is 5.73 Å². The number of rotatable bonds is 2. The Labute approximate surface area is 123 Å². The van der Waals surface area contributed by atoms with Crippen LogP contribution in [0.25, 0.3) is 11.3 Å². The number of hydrogen-bond donors (Lipinski definition) is 1. The predicted molar refractivity (Wildman–Crippen MR) is 81.2 cm³/mol. The quantitative estimate of drug-likeness (QED) is 0.911. The van der Waals surface area contributed by atoms with E-state index in [1.807, 2.05) is 24.3 Å². The lowest BCUT2D eigenvalue weighted by Crippen LogP contribution is -2.38. The Kier molecular flexibility index (Phi) is 3.56. The third-order valence-corrected chi connectivity index (χ3v) is 5.05. The van der Waals surface area contributed by atoms with Gasteiger partial charge in [-0.05, 0) is 25.0 Å². The molecule has 3 nitrogen and oxygen atoms in total. The number of aromatic nitrogens is 1. The van der Waals surface area contributed by atoms with Gasteiger partial charge in [0.15, 0.2) is 0 Å². The lowest BCUT2D eigenvalue weighted by Gasteiger charge is -2.31. The van der Waals surface area contributed by atoms with Gasteiger partial charge in [0, 0.05) is 10.9 Å². The standard InChI is InChI=1S/C16H17N3S/c17-10-12-4-6-13(7-5-12)14-11-20-15(19-14)16(18)8-2-1-3-9-16/h4-7,11H,1-3,8-9,18H2. The maximum Gasteiger partial charge on any atom is 0.113 e. The molecule has 0 atom stereocenters. The van der Waals surface area contributed by atoms with E-state index < -0.39 is 0 Å². The lowest BCUT2D eigenvalue weighted by molar-refractivity contribution is 0.301. The molecule has 0 radical (unpaired) electrons. The van der Waals surface area contributed by atoms with E-state index in [9.17, 15) is 0 Å². The average Bonchev–Trinajstić information content (AvgIpc) is 2.99. The fourth-order valence-electron chi connectivity index (χ4n) is 2.75. The minimum atomic E-state index is -0.228. The predicted octanol–water partition coefficient (Wildman–Crippen LogP) is 3.80. The second kappa shape index (κ2) is 5.35. The van der Waals surface area contributed by atoms with Gasteiger partial charge in [-0.25, -0.2) is 4.98 Å². The topological polar surface area (TPSA) is 62.7 Å². The Balaban J connectivity index is 1.87. The van der Waals surface area contributed by atoms with Crippen LogP contribution in [0.2, 0.25) is 0 Å². The second-order valence-corrected chi connectivity index (χ2v) is 6.30. The zero-order valence-corrected chi connectivity index (χ0v) is 12.1. The van der Waals surface area contributed by atoms with E-state index in [-0.39, 0.29) is 5.54 Å². The summed E-state index contributed by atoms with van der Waals surface area (Å²) in [6, 6.07) is 9.68. The van der Waals surface area contributed by atoms with Gasteiger partial charge in [0.1, 0.15) is 5.01 Å². The summed E-state index contributed by atoms with van der Waals surface area (Å²) in [5.74, 6) is 0. The first-order valence-electron chi connectivity index (χ1n) is 6.97. The molecule has 0 spiro atoms. The average molecular weight is 283 g/mol. The molecule has 0 saturated heterocycles. The van der Waals surface area contributed by atoms with Crippen LogP contribution in [0.15, 0.2) is 29.6 Å². The summed E-state index contributed by atoms with van der Waals surface area (Å²) in [5.41, 5.74) is 8.98. The first-order valence-corrected chi connectivity index (χ1v) is 7.85. The van der Waals surface area contributed by atoms with Gasteiger partial charge in [-0.15, -0.1) is 11.3 Å². The van der Waals surface area contributed by atoms with Crippen LogP contribution in [-0.4, -0.2) is 4.98 Å². The van der Waals surface area contributed by atoms with E-state index in [0.717, 1.165) is 29.1 Å². The maximum atomic E-state index is 8.83. The van der Waals surface area contributed by atoms with E-state index in [1.54, 1.807) is 11.3 Å². The molecule has 1 aromatic carbocycles. The molecule has 0 unspecified atom stereocenters. The van der Waals surface area contributed by atoms with Crippen molar-refractivity contribution < 1.29 is 0 Å². The molecule has 1 fully saturated rings. The highest BCUT2D eigenvalue weighted by Crippen LogP contribution is 2.37. The molecule has 0 bridgehead atoms. The highest BCUT2D eigenvalue weighted by Gasteiger charge is 2.32. The maximum absolute atomic E-state index is 8.83. The molecular weight excluding hydrogens is 266 g/mol. The fraction of sp³-hybridized carbons (Fsp3) is 0.375. The Morgan fingerprint density at radius 2 is 1.85 bits per heavy atom. The van der Waals surface area contributed by atoms with Gasteiger partial charge in [-0.1, -0.05) is 31.4 Å². The number of nitrogens with zero attached hydrogens (tertiary/aromatic N) is 2. The van der Waals surface area contributed by atoms with Gasteiger partial charge in [0.05, 0.1) is 22.9 Å². The third-order valence-electron chi connectivity index (χ3n) is 3.99. The summed E-state index contributed by atoms with van der Waals surface area (Å²) < 4.78 is 0. The van der Waals surface area contributed by atoms with Crippen molar-refractivity contribution in [1.29, 1.82) is 5.26 Å². The Morgan fingerprint density at radius 3 is 2.50 bits per heavy atom. The van der Waals surface area contributed by atoms with E-state index in [2.05, 4.69) is 11.4 Å². The van der Waals surface area contributed by atoms with Crippen molar-refractivity contribution in [3.05, 3.63) is 40.2 Å². The molecule has 4 heteroatoms. The summed E-state index contributed by atoms with van der Waals surface area (Å²) in [4.78, 5) is 4.74. The third kappa shape index (κ3) is 2.47. The van der Waals surface area contributed by atoms with E-state index in [4.69, 9.17) is 16.0 Å². The summed E-state index contributed by atoms with van der Waals surface area (Å²) in [6.07, 6.45) is 5.75. The number of thiazole rings is 1. The van der Waals surface area contributed by atoms with Gasteiger partial charge in [-0.2, -0.15) is 5.26 Å². The van der Waals surface area contributed by atoms with Crippen molar-refractivity contribution in [3.63, 3.8) is 0 Å². The van der Waals surface area contributed by atoms with Crippen LogP contribution in [0.5, 0.6) is 0 Å². The van der Waals surface area contributed by atoms with Crippen LogP contribution < -0.4 is 5.73 Å². The molecule has 0 amide bonds. The zero-order valence-electron chi connectivity index (χ0n) is 11.3. The van der Waals surface area contributed by atoms with Crippen LogP contribution in [0.4, 0.5) is 0 Å². The molecule has 1 heterocycles. The van der Waals surface area contributed by atoms with E-state index >= 15 is 0 Å².